The summed E-state index contributed by atoms with van der Waals surface area (Å²) < 4.78 is 6.93. The van der Waals surface area contributed by atoms with E-state index in [9.17, 15) is 0 Å². The highest BCUT2D eigenvalue weighted by Crippen LogP contribution is 2.11. The highest BCUT2D eigenvalue weighted by Gasteiger charge is 2.15. The van der Waals surface area contributed by atoms with Crippen molar-refractivity contribution in [1.29, 1.82) is 0 Å². The van der Waals surface area contributed by atoms with Crippen molar-refractivity contribution in [3.05, 3.63) is 11.9 Å². The first-order chi connectivity index (χ1) is 7.43. The Labute approximate surface area is 97.2 Å². The Bertz CT molecular complexity index is 316. The second-order valence-corrected chi connectivity index (χ2v) is 5.06. The molecule has 0 aromatic carbocycles. The van der Waals surface area contributed by atoms with E-state index in [1.807, 2.05) is 10.9 Å². The number of methoxy groups -OCH3 is 1. The lowest BCUT2D eigenvalue weighted by Gasteiger charge is -2.17. The molecule has 1 aromatic rings. The molecule has 1 N–H and O–H groups in total. The van der Waals surface area contributed by atoms with Crippen LogP contribution in [0.15, 0.2) is 6.20 Å². The van der Waals surface area contributed by atoms with Gasteiger partial charge in [-0.3, -0.25) is 0 Å². The fraction of sp³-hybridized carbons (Fsp3) is 0.818. The Kier molecular flexibility index (Phi) is 4.44. The third-order valence-electron chi connectivity index (χ3n) is 2.28. The molecular formula is C11H22N4O. The highest BCUT2D eigenvalue weighted by molar-refractivity contribution is 4.94. The van der Waals surface area contributed by atoms with E-state index in [2.05, 4.69) is 43.3 Å². The quantitative estimate of drug-likeness (QED) is 0.818. The van der Waals surface area contributed by atoms with Crippen LogP contribution in [-0.4, -0.2) is 34.8 Å². The second kappa shape index (κ2) is 5.41. The van der Waals surface area contributed by atoms with E-state index in [1.54, 1.807) is 7.11 Å². The molecule has 0 saturated carbocycles. The number of hydrogen-bond donors (Lipinski definition) is 1. The number of aromatic nitrogens is 3. The third-order valence-corrected chi connectivity index (χ3v) is 2.28. The summed E-state index contributed by atoms with van der Waals surface area (Å²) in [6, 6.07) is 0.324. The molecule has 0 radical (unpaired) electrons. The summed E-state index contributed by atoms with van der Waals surface area (Å²) in [6.45, 7) is 9.82. The summed E-state index contributed by atoms with van der Waals surface area (Å²) in [6.07, 6.45) is 1.98. The Morgan fingerprint density at radius 1 is 1.50 bits per heavy atom. The number of nitrogens with one attached hydrogen (secondary N) is 1. The monoisotopic (exact) mass is 226 g/mol. The Balaban J connectivity index is 2.47. The zero-order chi connectivity index (χ0) is 12.2. The molecule has 0 aliphatic heterocycles. The van der Waals surface area contributed by atoms with Gasteiger partial charge in [0, 0.05) is 19.7 Å². The molecule has 0 saturated heterocycles. The van der Waals surface area contributed by atoms with Crippen LogP contribution in [-0.2, 0) is 16.8 Å². The van der Waals surface area contributed by atoms with Gasteiger partial charge in [-0.25, -0.2) is 4.68 Å². The molecule has 0 spiro atoms. The van der Waals surface area contributed by atoms with E-state index < -0.39 is 0 Å². The van der Waals surface area contributed by atoms with E-state index in [0.29, 0.717) is 12.6 Å². The van der Waals surface area contributed by atoms with Crippen molar-refractivity contribution in [3.8, 4) is 0 Å². The molecule has 16 heavy (non-hydrogen) atoms. The fourth-order valence-corrected chi connectivity index (χ4v) is 1.29. The normalized spacial score (nSPS) is 14.1. The Morgan fingerprint density at radius 3 is 2.69 bits per heavy atom. The van der Waals surface area contributed by atoms with E-state index in [4.69, 9.17) is 4.74 Å². The molecule has 92 valence electrons. The molecule has 1 atom stereocenters. The van der Waals surface area contributed by atoms with Crippen molar-refractivity contribution in [3.63, 3.8) is 0 Å². The number of hydrogen-bond acceptors (Lipinski definition) is 4. The third kappa shape index (κ3) is 3.90. The maximum absolute atomic E-state index is 5.05. The molecule has 1 rings (SSSR count). The van der Waals surface area contributed by atoms with Crippen LogP contribution < -0.4 is 5.32 Å². The molecule has 0 fully saturated rings. The van der Waals surface area contributed by atoms with Gasteiger partial charge in [-0.1, -0.05) is 5.21 Å². The zero-order valence-corrected chi connectivity index (χ0v) is 10.8. The lowest BCUT2D eigenvalue weighted by Crippen LogP contribution is -2.29. The van der Waals surface area contributed by atoms with Crippen LogP contribution in [0.5, 0.6) is 0 Å². The van der Waals surface area contributed by atoms with Crippen molar-refractivity contribution in [2.75, 3.05) is 13.7 Å². The van der Waals surface area contributed by atoms with E-state index in [1.165, 1.54) is 0 Å². The molecule has 0 aliphatic rings. The first-order valence-corrected chi connectivity index (χ1v) is 5.57. The molecule has 1 aromatic heterocycles. The van der Waals surface area contributed by atoms with Crippen molar-refractivity contribution in [2.45, 2.75) is 45.8 Å². The minimum atomic E-state index is -0.0105. The standard InChI is InChI=1S/C11H22N4O/c1-9(8-16-5)12-6-10-7-15(14-13-10)11(2,3)4/h7,9,12H,6,8H2,1-5H3. The van der Waals surface area contributed by atoms with Crippen molar-refractivity contribution >= 4 is 0 Å². The van der Waals surface area contributed by atoms with Gasteiger partial charge in [0.05, 0.1) is 24.0 Å². The van der Waals surface area contributed by atoms with Crippen molar-refractivity contribution < 1.29 is 4.74 Å². The van der Waals surface area contributed by atoms with Gasteiger partial charge in [-0.15, -0.1) is 5.10 Å². The molecule has 0 amide bonds. The topological polar surface area (TPSA) is 52.0 Å². The summed E-state index contributed by atoms with van der Waals surface area (Å²) >= 11 is 0. The van der Waals surface area contributed by atoms with Gasteiger partial charge in [0.25, 0.3) is 0 Å². The summed E-state index contributed by atoms with van der Waals surface area (Å²) in [4.78, 5) is 0. The van der Waals surface area contributed by atoms with Crippen LogP contribution in [0.1, 0.15) is 33.4 Å². The molecule has 5 heteroatoms. The molecule has 1 unspecified atom stereocenters. The van der Waals surface area contributed by atoms with Crippen molar-refractivity contribution in [2.24, 2.45) is 0 Å². The number of nitrogens with zero attached hydrogens (tertiary/aromatic N) is 3. The van der Waals surface area contributed by atoms with Crippen LogP contribution in [0.3, 0.4) is 0 Å². The SMILES string of the molecule is COCC(C)NCc1cn(C(C)(C)C)nn1. The lowest BCUT2D eigenvalue weighted by atomic mass is 10.1. The second-order valence-electron chi connectivity index (χ2n) is 5.06. The summed E-state index contributed by atoms with van der Waals surface area (Å²) in [5, 5.41) is 11.6. The Morgan fingerprint density at radius 2 is 2.19 bits per heavy atom. The van der Waals surface area contributed by atoms with Crippen LogP contribution in [0, 0.1) is 0 Å². The smallest absolute Gasteiger partial charge is 0.0965 e. The van der Waals surface area contributed by atoms with Crippen LogP contribution in [0.4, 0.5) is 0 Å². The van der Waals surface area contributed by atoms with Gasteiger partial charge < -0.3 is 10.1 Å². The number of ether oxygens (including phenoxy) is 1. The van der Waals surface area contributed by atoms with Gasteiger partial charge in [0.15, 0.2) is 0 Å². The average Bonchev–Trinajstić information content (AvgIpc) is 2.63. The van der Waals surface area contributed by atoms with E-state index >= 15 is 0 Å². The molecule has 0 bridgehead atoms. The Hall–Kier alpha value is -0.940. The van der Waals surface area contributed by atoms with Crippen molar-refractivity contribution in [1.82, 2.24) is 20.3 Å². The van der Waals surface area contributed by atoms with Gasteiger partial charge >= 0.3 is 0 Å². The fourth-order valence-electron chi connectivity index (χ4n) is 1.29. The summed E-state index contributed by atoms with van der Waals surface area (Å²) in [5.41, 5.74) is 0.946. The zero-order valence-electron chi connectivity index (χ0n) is 10.8. The van der Waals surface area contributed by atoms with Gasteiger partial charge in [0.2, 0.25) is 0 Å². The molecule has 1 heterocycles. The van der Waals surface area contributed by atoms with Gasteiger partial charge in [-0.2, -0.15) is 0 Å². The predicted molar refractivity (Wildman–Crippen MR) is 63.2 cm³/mol. The lowest BCUT2D eigenvalue weighted by molar-refractivity contribution is 0.171. The van der Waals surface area contributed by atoms with Gasteiger partial charge in [-0.05, 0) is 27.7 Å². The van der Waals surface area contributed by atoms with Gasteiger partial charge in [0.1, 0.15) is 0 Å². The largest absolute Gasteiger partial charge is 0.383 e. The first kappa shape index (κ1) is 13.1. The minimum absolute atomic E-state index is 0.0105. The van der Waals surface area contributed by atoms with E-state index in [0.717, 1.165) is 12.2 Å². The van der Waals surface area contributed by atoms with Crippen LogP contribution >= 0.6 is 0 Å². The first-order valence-electron chi connectivity index (χ1n) is 5.57. The summed E-state index contributed by atoms with van der Waals surface area (Å²) in [7, 11) is 1.70. The average molecular weight is 226 g/mol. The van der Waals surface area contributed by atoms with Crippen LogP contribution in [0.25, 0.3) is 0 Å². The molecule has 0 aliphatic carbocycles. The molecule has 5 nitrogen and oxygen atoms in total. The minimum Gasteiger partial charge on any atom is -0.383 e. The maximum atomic E-state index is 5.05. The van der Waals surface area contributed by atoms with E-state index in [-0.39, 0.29) is 5.54 Å². The maximum Gasteiger partial charge on any atom is 0.0965 e. The summed E-state index contributed by atoms with van der Waals surface area (Å²) in [5.74, 6) is 0. The predicted octanol–water partition coefficient (Wildman–Crippen LogP) is 1.16. The number of rotatable bonds is 5. The van der Waals surface area contributed by atoms with Crippen LogP contribution in [0.2, 0.25) is 0 Å². The highest BCUT2D eigenvalue weighted by atomic mass is 16.5. The molecular weight excluding hydrogens is 204 g/mol.